The van der Waals surface area contributed by atoms with Gasteiger partial charge in [-0.05, 0) is 23.8 Å². The molecule has 0 saturated heterocycles. The van der Waals surface area contributed by atoms with Crippen LogP contribution in [0.4, 0.5) is 0 Å². The summed E-state index contributed by atoms with van der Waals surface area (Å²) in [6.07, 6.45) is -3.12. The van der Waals surface area contributed by atoms with Crippen LogP contribution in [-0.2, 0) is 4.79 Å². The Morgan fingerprint density at radius 2 is 2.05 bits per heavy atom. The first-order chi connectivity index (χ1) is 9.51. The Bertz CT molecular complexity index is 628. The van der Waals surface area contributed by atoms with Gasteiger partial charge in [0.1, 0.15) is 6.10 Å². The molecule has 6 nitrogen and oxygen atoms in total. The molecule has 3 N–H and O–H groups in total. The Kier molecular flexibility index (Phi) is 4.16. The van der Waals surface area contributed by atoms with Crippen LogP contribution in [0.25, 0.3) is 10.9 Å². The van der Waals surface area contributed by atoms with E-state index in [9.17, 15) is 15.0 Å². The van der Waals surface area contributed by atoms with Gasteiger partial charge >= 0.3 is 5.97 Å². The summed E-state index contributed by atoms with van der Waals surface area (Å²) in [6, 6.07) is 8.42. The van der Waals surface area contributed by atoms with E-state index in [4.69, 9.17) is 9.84 Å². The molecule has 2 atom stereocenters. The lowest BCUT2D eigenvalue weighted by Crippen LogP contribution is -2.21. The highest BCUT2D eigenvalue weighted by molar-refractivity contribution is 5.80. The van der Waals surface area contributed by atoms with Gasteiger partial charge in [0, 0.05) is 11.5 Å². The van der Waals surface area contributed by atoms with Crippen molar-refractivity contribution in [1.82, 2.24) is 4.98 Å². The molecule has 1 heterocycles. The first-order valence-electron chi connectivity index (χ1n) is 6.04. The molecular formula is C14H15NO5. The molecule has 0 aliphatic rings. The molecule has 2 unspecified atom stereocenters. The molecule has 106 valence electrons. The highest BCUT2D eigenvalue weighted by Crippen LogP contribution is 2.24. The molecule has 0 bridgehead atoms. The van der Waals surface area contributed by atoms with E-state index in [0.717, 1.165) is 5.39 Å². The zero-order valence-electron chi connectivity index (χ0n) is 10.9. The summed E-state index contributed by atoms with van der Waals surface area (Å²) in [7, 11) is 1.52. The lowest BCUT2D eigenvalue weighted by atomic mass is 10.0. The van der Waals surface area contributed by atoms with Crippen LogP contribution >= 0.6 is 0 Å². The van der Waals surface area contributed by atoms with E-state index >= 15 is 0 Å². The Labute approximate surface area is 115 Å². The minimum Gasteiger partial charge on any atom is -0.481 e. The number of aromatic nitrogens is 1. The summed E-state index contributed by atoms with van der Waals surface area (Å²) >= 11 is 0. The van der Waals surface area contributed by atoms with Crippen LogP contribution in [0.1, 0.15) is 18.1 Å². The first kappa shape index (κ1) is 14.2. The van der Waals surface area contributed by atoms with Gasteiger partial charge in [-0.25, -0.2) is 4.98 Å². The fourth-order valence-electron chi connectivity index (χ4n) is 1.94. The number of aliphatic hydroxyl groups excluding tert-OH is 2. The van der Waals surface area contributed by atoms with Crippen molar-refractivity contribution in [3.8, 4) is 5.88 Å². The number of carboxylic acid groups (broad SMARTS) is 1. The molecule has 2 rings (SSSR count). The number of fused-ring (bicyclic) bond motifs is 1. The van der Waals surface area contributed by atoms with Crippen molar-refractivity contribution in [3.63, 3.8) is 0 Å². The molecule has 0 amide bonds. The number of rotatable bonds is 5. The lowest BCUT2D eigenvalue weighted by Gasteiger charge is -2.16. The molecule has 0 saturated carbocycles. The molecule has 20 heavy (non-hydrogen) atoms. The van der Waals surface area contributed by atoms with Crippen molar-refractivity contribution in [2.24, 2.45) is 0 Å². The fraction of sp³-hybridized carbons (Fsp3) is 0.286. The predicted molar refractivity (Wildman–Crippen MR) is 71.5 cm³/mol. The molecule has 2 aromatic rings. The van der Waals surface area contributed by atoms with E-state index in [2.05, 4.69) is 4.98 Å². The van der Waals surface area contributed by atoms with Crippen molar-refractivity contribution < 1.29 is 24.9 Å². The van der Waals surface area contributed by atoms with E-state index in [0.29, 0.717) is 17.0 Å². The van der Waals surface area contributed by atoms with Crippen LogP contribution in [0, 0.1) is 0 Å². The molecule has 1 aromatic carbocycles. The third-order valence-corrected chi connectivity index (χ3v) is 2.99. The quantitative estimate of drug-likeness (QED) is 0.757. The van der Waals surface area contributed by atoms with E-state index in [1.54, 1.807) is 30.3 Å². The third kappa shape index (κ3) is 3.04. The van der Waals surface area contributed by atoms with Crippen LogP contribution in [-0.4, -0.2) is 39.5 Å². The highest BCUT2D eigenvalue weighted by atomic mass is 16.5. The average Bonchev–Trinajstić information content (AvgIpc) is 2.44. The topological polar surface area (TPSA) is 99.9 Å². The maximum Gasteiger partial charge on any atom is 0.306 e. The molecule has 0 fully saturated rings. The minimum atomic E-state index is -1.35. The van der Waals surface area contributed by atoms with Crippen molar-refractivity contribution in [2.45, 2.75) is 18.6 Å². The Balaban J connectivity index is 2.29. The Morgan fingerprint density at radius 1 is 1.30 bits per heavy atom. The summed E-state index contributed by atoms with van der Waals surface area (Å²) in [6.45, 7) is 0. The summed E-state index contributed by atoms with van der Waals surface area (Å²) in [4.78, 5) is 14.8. The minimum absolute atomic E-state index is 0.443. The summed E-state index contributed by atoms with van der Waals surface area (Å²) in [5.41, 5.74) is 1.13. The molecular weight excluding hydrogens is 262 g/mol. The van der Waals surface area contributed by atoms with E-state index in [-0.39, 0.29) is 0 Å². The van der Waals surface area contributed by atoms with Gasteiger partial charge < -0.3 is 20.1 Å². The maximum absolute atomic E-state index is 10.5. The maximum atomic E-state index is 10.5. The highest BCUT2D eigenvalue weighted by Gasteiger charge is 2.21. The molecule has 6 heteroatoms. The fourth-order valence-corrected chi connectivity index (χ4v) is 1.94. The SMILES string of the molecule is COc1ccc2cc(C(O)C(O)CC(=O)O)ccc2n1. The summed E-state index contributed by atoms with van der Waals surface area (Å²) in [5, 5.41) is 29.0. The Hall–Kier alpha value is -2.18. The van der Waals surface area contributed by atoms with Gasteiger partial charge in [0.25, 0.3) is 0 Å². The monoisotopic (exact) mass is 277 g/mol. The number of aliphatic hydroxyl groups is 2. The standard InChI is InChI=1S/C14H15NO5/c1-20-12-5-3-8-6-9(2-4-10(8)15-12)14(19)11(16)7-13(17)18/h2-6,11,14,16,19H,7H2,1H3,(H,17,18). The average molecular weight is 277 g/mol. The van der Waals surface area contributed by atoms with Gasteiger partial charge in [-0.3, -0.25) is 4.79 Å². The molecule has 0 aliphatic heterocycles. The number of hydrogen-bond donors (Lipinski definition) is 3. The molecule has 0 radical (unpaired) electrons. The van der Waals surface area contributed by atoms with Gasteiger partial charge in [-0.15, -0.1) is 0 Å². The number of pyridine rings is 1. The van der Waals surface area contributed by atoms with Crippen LogP contribution in [0.15, 0.2) is 30.3 Å². The normalized spacial score (nSPS) is 13.9. The Morgan fingerprint density at radius 3 is 2.70 bits per heavy atom. The number of hydrogen-bond acceptors (Lipinski definition) is 5. The number of benzene rings is 1. The van der Waals surface area contributed by atoms with Crippen molar-refractivity contribution in [3.05, 3.63) is 35.9 Å². The van der Waals surface area contributed by atoms with E-state index in [1.807, 2.05) is 0 Å². The number of carboxylic acids is 1. The van der Waals surface area contributed by atoms with Gasteiger partial charge in [0.2, 0.25) is 5.88 Å². The van der Waals surface area contributed by atoms with Crippen molar-refractivity contribution >= 4 is 16.9 Å². The first-order valence-corrected chi connectivity index (χ1v) is 6.04. The second-order valence-electron chi connectivity index (χ2n) is 4.42. The number of aliphatic carboxylic acids is 1. The second-order valence-corrected chi connectivity index (χ2v) is 4.42. The number of methoxy groups -OCH3 is 1. The van der Waals surface area contributed by atoms with Crippen LogP contribution in [0.3, 0.4) is 0 Å². The molecule has 1 aromatic heterocycles. The number of carbonyl (C=O) groups is 1. The van der Waals surface area contributed by atoms with Gasteiger partial charge in [-0.1, -0.05) is 6.07 Å². The van der Waals surface area contributed by atoms with Gasteiger partial charge in [-0.2, -0.15) is 0 Å². The third-order valence-electron chi connectivity index (χ3n) is 2.99. The van der Waals surface area contributed by atoms with Crippen molar-refractivity contribution in [1.29, 1.82) is 0 Å². The second kappa shape index (κ2) is 5.85. The van der Waals surface area contributed by atoms with Crippen LogP contribution in [0.5, 0.6) is 5.88 Å². The van der Waals surface area contributed by atoms with Crippen molar-refractivity contribution in [2.75, 3.05) is 7.11 Å². The predicted octanol–water partition coefficient (Wildman–Crippen LogP) is 1.11. The number of nitrogens with zero attached hydrogens (tertiary/aromatic N) is 1. The molecule has 0 aliphatic carbocycles. The zero-order valence-corrected chi connectivity index (χ0v) is 10.9. The van der Waals surface area contributed by atoms with Gasteiger partial charge in [0.05, 0.1) is 25.2 Å². The molecule has 0 spiro atoms. The largest absolute Gasteiger partial charge is 0.481 e. The lowest BCUT2D eigenvalue weighted by molar-refractivity contribution is -0.141. The zero-order chi connectivity index (χ0) is 14.7. The van der Waals surface area contributed by atoms with Gasteiger partial charge in [0.15, 0.2) is 0 Å². The van der Waals surface area contributed by atoms with Crippen LogP contribution in [0.2, 0.25) is 0 Å². The summed E-state index contributed by atoms with van der Waals surface area (Å²) in [5.74, 6) is -0.680. The summed E-state index contributed by atoms with van der Waals surface area (Å²) < 4.78 is 5.02. The smallest absolute Gasteiger partial charge is 0.306 e. The van der Waals surface area contributed by atoms with Crippen LogP contribution < -0.4 is 4.74 Å². The van der Waals surface area contributed by atoms with E-state index in [1.165, 1.54) is 7.11 Å². The van der Waals surface area contributed by atoms with E-state index < -0.39 is 24.6 Å². The number of ether oxygens (including phenoxy) is 1.